The number of likely N-dealkylation sites (tertiary alicyclic amines) is 1. The third-order valence-electron chi connectivity index (χ3n) is 7.43. The number of rotatable bonds is 8. The highest BCUT2D eigenvalue weighted by molar-refractivity contribution is 5.99. The molecule has 0 bridgehead atoms. The van der Waals surface area contributed by atoms with Crippen LogP contribution in [0.25, 0.3) is 21.8 Å². The monoisotopic (exact) mass is 513 g/mol. The van der Waals surface area contributed by atoms with Gasteiger partial charge in [0.05, 0.1) is 0 Å². The smallest absolute Gasteiger partial charge is 0.251 e. The fourth-order valence-corrected chi connectivity index (χ4v) is 5.35. The lowest BCUT2D eigenvalue weighted by molar-refractivity contribution is 0.0905. The summed E-state index contributed by atoms with van der Waals surface area (Å²) in [5.41, 5.74) is 4.55. The number of aromatic nitrogens is 2. The number of carbonyl (C=O) groups is 2. The molecule has 0 radical (unpaired) electrons. The Hall–Kier alpha value is -3.58. The molecule has 200 valence electrons. The summed E-state index contributed by atoms with van der Waals surface area (Å²) in [5.74, 6) is -0.0165. The van der Waals surface area contributed by atoms with E-state index in [1.54, 1.807) is 0 Å². The number of aryl methyl sites for hydroxylation is 1. The normalized spacial score (nSPS) is 15.2. The maximum atomic E-state index is 12.7. The van der Waals surface area contributed by atoms with E-state index < -0.39 is 0 Å². The standard InChI is InChI=1S/C31H39N5O2/c1-31(2,3)35-30(38)23-8-10-28-26(19-23)24(20-33-28)6-4-5-15-36-16-12-25(13-17-36)34-29(37)22-7-9-27-21(18-22)11-14-32-27/h7-11,14,18-20,25,32-33H,4-6,12-13,15-17H2,1-3H3,(H,34,37)(H,35,38). The van der Waals surface area contributed by atoms with Crippen LogP contribution < -0.4 is 10.6 Å². The molecule has 3 heterocycles. The Morgan fingerprint density at radius 2 is 1.66 bits per heavy atom. The summed E-state index contributed by atoms with van der Waals surface area (Å²) in [6.07, 6.45) is 9.17. The van der Waals surface area contributed by atoms with Gasteiger partial charge in [-0.1, -0.05) is 0 Å². The second kappa shape index (κ2) is 11.0. The van der Waals surface area contributed by atoms with Crippen molar-refractivity contribution < 1.29 is 9.59 Å². The lowest BCUT2D eigenvalue weighted by Crippen LogP contribution is -2.44. The Kier molecular flexibility index (Phi) is 7.56. The van der Waals surface area contributed by atoms with Crippen molar-refractivity contribution in [3.05, 3.63) is 71.5 Å². The van der Waals surface area contributed by atoms with Crippen LogP contribution in [-0.4, -0.2) is 57.9 Å². The Balaban J connectivity index is 1.06. The Morgan fingerprint density at radius 1 is 0.921 bits per heavy atom. The first-order valence-electron chi connectivity index (χ1n) is 13.8. The molecule has 38 heavy (non-hydrogen) atoms. The summed E-state index contributed by atoms with van der Waals surface area (Å²) in [4.78, 5) is 34.4. The van der Waals surface area contributed by atoms with Gasteiger partial charge in [-0.15, -0.1) is 0 Å². The predicted molar refractivity (Wildman–Crippen MR) is 154 cm³/mol. The van der Waals surface area contributed by atoms with Gasteiger partial charge in [-0.05, 0) is 107 Å². The molecule has 0 spiro atoms. The van der Waals surface area contributed by atoms with Crippen LogP contribution in [0.2, 0.25) is 0 Å². The number of nitrogens with zero attached hydrogens (tertiary/aromatic N) is 1. The quantitative estimate of drug-likeness (QED) is 0.238. The summed E-state index contributed by atoms with van der Waals surface area (Å²) in [5, 5.41) is 8.48. The SMILES string of the molecule is CC(C)(C)NC(=O)c1ccc2[nH]cc(CCCCN3CCC(NC(=O)c4ccc5[nH]ccc5c4)CC3)c2c1. The van der Waals surface area contributed by atoms with Gasteiger partial charge in [0.25, 0.3) is 11.8 Å². The lowest BCUT2D eigenvalue weighted by atomic mass is 10.0. The topological polar surface area (TPSA) is 93.0 Å². The van der Waals surface area contributed by atoms with E-state index in [2.05, 4.69) is 31.7 Å². The first-order valence-corrected chi connectivity index (χ1v) is 13.8. The van der Waals surface area contributed by atoms with Crippen LogP contribution in [0.15, 0.2) is 54.9 Å². The van der Waals surface area contributed by atoms with Crippen LogP contribution in [0.1, 0.15) is 72.7 Å². The van der Waals surface area contributed by atoms with Crippen molar-refractivity contribution in [2.45, 2.75) is 64.5 Å². The molecular weight excluding hydrogens is 474 g/mol. The minimum atomic E-state index is -0.259. The van der Waals surface area contributed by atoms with Crippen LogP contribution in [0.3, 0.4) is 0 Å². The van der Waals surface area contributed by atoms with Gasteiger partial charge in [0.15, 0.2) is 0 Å². The van der Waals surface area contributed by atoms with Gasteiger partial charge in [0.2, 0.25) is 0 Å². The van der Waals surface area contributed by atoms with Crippen LogP contribution in [0, 0.1) is 0 Å². The highest BCUT2D eigenvalue weighted by Gasteiger charge is 2.21. The van der Waals surface area contributed by atoms with E-state index in [0.717, 1.165) is 79.1 Å². The van der Waals surface area contributed by atoms with E-state index in [4.69, 9.17) is 0 Å². The van der Waals surface area contributed by atoms with E-state index in [1.165, 1.54) is 5.56 Å². The van der Waals surface area contributed by atoms with E-state index in [0.29, 0.717) is 5.56 Å². The minimum Gasteiger partial charge on any atom is -0.361 e. The van der Waals surface area contributed by atoms with Crippen molar-refractivity contribution in [1.29, 1.82) is 0 Å². The first-order chi connectivity index (χ1) is 18.2. The zero-order valence-corrected chi connectivity index (χ0v) is 22.7. The highest BCUT2D eigenvalue weighted by Crippen LogP contribution is 2.23. The molecule has 0 saturated carbocycles. The molecule has 4 N–H and O–H groups in total. The van der Waals surface area contributed by atoms with Crippen LogP contribution in [0.5, 0.6) is 0 Å². The van der Waals surface area contributed by atoms with Crippen molar-refractivity contribution in [1.82, 2.24) is 25.5 Å². The summed E-state index contributed by atoms with van der Waals surface area (Å²) in [7, 11) is 0. The summed E-state index contributed by atoms with van der Waals surface area (Å²) in [6.45, 7) is 9.09. The van der Waals surface area contributed by atoms with Crippen molar-refractivity contribution in [3.63, 3.8) is 0 Å². The number of hydrogen-bond acceptors (Lipinski definition) is 3. The van der Waals surface area contributed by atoms with Crippen LogP contribution >= 0.6 is 0 Å². The molecule has 1 aliphatic heterocycles. The fraction of sp³-hybridized carbons (Fsp3) is 0.419. The van der Waals surface area contributed by atoms with Gasteiger partial charge in [-0.3, -0.25) is 9.59 Å². The number of unbranched alkanes of at least 4 members (excludes halogenated alkanes) is 1. The molecule has 1 fully saturated rings. The zero-order valence-electron chi connectivity index (χ0n) is 22.7. The predicted octanol–water partition coefficient (Wildman–Crippen LogP) is 5.39. The van der Waals surface area contributed by atoms with Crippen molar-refractivity contribution in [2.75, 3.05) is 19.6 Å². The van der Waals surface area contributed by atoms with Gasteiger partial charge >= 0.3 is 0 Å². The zero-order chi connectivity index (χ0) is 26.7. The van der Waals surface area contributed by atoms with Gasteiger partial charge < -0.3 is 25.5 Å². The third kappa shape index (κ3) is 6.27. The van der Waals surface area contributed by atoms with E-state index in [1.807, 2.05) is 69.4 Å². The molecule has 7 heteroatoms. The Bertz CT molecular complexity index is 1420. The van der Waals surface area contributed by atoms with Crippen molar-refractivity contribution in [3.8, 4) is 0 Å². The summed E-state index contributed by atoms with van der Waals surface area (Å²) >= 11 is 0. The Morgan fingerprint density at radius 3 is 2.42 bits per heavy atom. The molecule has 7 nitrogen and oxygen atoms in total. The second-order valence-electron chi connectivity index (χ2n) is 11.6. The molecule has 1 aliphatic rings. The number of hydrogen-bond donors (Lipinski definition) is 4. The molecule has 2 aromatic heterocycles. The van der Waals surface area contributed by atoms with Gasteiger partial charge in [0.1, 0.15) is 0 Å². The molecule has 0 aliphatic carbocycles. The molecule has 4 aromatic rings. The van der Waals surface area contributed by atoms with Gasteiger partial charge in [0, 0.05) is 70.0 Å². The molecule has 5 rings (SSSR count). The van der Waals surface area contributed by atoms with Crippen LogP contribution in [-0.2, 0) is 6.42 Å². The number of amides is 2. The second-order valence-corrected chi connectivity index (χ2v) is 11.6. The molecule has 2 aromatic carbocycles. The molecule has 0 unspecified atom stereocenters. The number of fused-ring (bicyclic) bond motifs is 2. The first kappa shape index (κ1) is 26.0. The molecule has 2 amide bonds. The fourth-order valence-electron chi connectivity index (χ4n) is 5.35. The number of piperidine rings is 1. The number of nitrogens with one attached hydrogen (secondary N) is 4. The summed E-state index contributed by atoms with van der Waals surface area (Å²) in [6, 6.07) is 13.9. The number of aromatic amines is 2. The van der Waals surface area contributed by atoms with Crippen LogP contribution in [0.4, 0.5) is 0 Å². The van der Waals surface area contributed by atoms with E-state index in [-0.39, 0.29) is 23.4 Å². The highest BCUT2D eigenvalue weighted by atomic mass is 16.2. The average molecular weight is 514 g/mol. The average Bonchev–Trinajstić information content (AvgIpc) is 3.52. The largest absolute Gasteiger partial charge is 0.361 e. The maximum absolute atomic E-state index is 12.7. The Labute approximate surface area is 224 Å². The lowest BCUT2D eigenvalue weighted by Gasteiger charge is -2.32. The molecule has 1 saturated heterocycles. The minimum absolute atomic E-state index is 0.0179. The maximum Gasteiger partial charge on any atom is 0.251 e. The van der Waals surface area contributed by atoms with Gasteiger partial charge in [-0.25, -0.2) is 0 Å². The van der Waals surface area contributed by atoms with Gasteiger partial charge in [-0.2, -0.15) is 0 Å². The van der Waals surface area contributed by atoms with Crippen molar-refractivity contribution >= 4 is 33.6 Å². The summed E-state index contributed by atoms with van der Waals surface area (Å²) < 4.78 is 0. The van der Waals surface area contributed by atoms with E-state index in [9.17, 15) is 9.59 Å². The number of H-pyrrole nitrogens is 2. The van der Waals surface area contributed by atoms with E-state index >= 15 is 0 Å². The number of benzene rings is 2. The number of carbonyl (C=O) groups excluding carboxylic acids is 2. The molecular formula is C31H39N5O2. The molecule has 0 atom stereocenters. The van der Waals surface area contributed by atoms with Crippen molar-refractivity contribution in [2.24, 2.45) is 0 Å². The third-order valence-corrected chi connectivity index (χ3v) is 7.43.